The lowest BCUT2D eigenvalue weighted by Crippen LogP contribution is -3.00. The number of halogens is 1. The number of imide groups is 1. The summed E-state index contributed by atoms with van der Waals surface area (Å²) in [5.41, 5.74) is 0.953. The standard InChI is InChI=1S/C44H69N4O8.HI/c1-5-7-8-9-10-11-12-13-14-15-16-17-18-19-20-28-41(49)46-30-32-47(33-31-46)43(51)55-35-38(53-3)36-56-44(52)48(34-37-25-23-24-29-45(37)6-2)42(50)39-26-21-22-27-40(39)54-4;/h21-27,29,38H,5-20,28,30-36H2,1-4H3;1H/q+1;/p-1. The second kappa shape index (κ2) is 29.7. The molecule has 57 heavy (non-hydrogen) atoms. The predicted molar refractivity (Wildman–Crippen MR) is 216 cm³/mol. The van der Waals surface area contributed by atoms with E-state index in [2.05, 4.69) is 6.92 Å². The number of unbranched alkanes of at least 4 members (excludes halogenated alkanes) is 14. The first-order valence-corrected chi connectivity index (χ1v) is 21.1. The molecule has 1 aliphatic heterocycles. The summed E-state index contributed by atoms with van der Waals surface area (Å²) in [4.78, 5) is 57.4. The van der Waals surface area contributed by atoms with Crippen LogP contribution in [0.2, 0.25) is 0 Å². The first-order valence-electron chi connectivity index (χ1n) is 21.1. The first kappa shape index (κ1) is 49.7. The molecule has 1 fully saturated rings. The van der Waals surface area contributed by atoms with Crippen LogP contribution in [0.5, 0.6) is 5.75 Å². The third-order valence-electron chi connectivity index (χ3n) is 10.5. The summed E-state index contributed by atoms with van der Waals surface area (Å²) in [7, 11) is 2.89. The minimum Gasteiger partial charge on any atom is -1.00 e. The highest BCUT2D eigenvalue weighted by molar-refractivity contribution is 6.04. The van der Waals surface area contributed by atoms with Crippen LogP contribution in [0.25, 0.3) is 0 Å². The van der Waals surface area contributed by atoms with Crippen molar-refractivity contribution in [2.45, 2.75) is 136 Å². The molecule has 13 heteroatoms. The van der Waals surface area contributed by atoms with Crippen LogP contribution in [0.15, 0.2) is 48.7 Å². The van der Waals surface area contributed by atoms with Gasteiger partial charge in [0, 0.05) is 51.8 Å². The van der Waals surface area contributed by atoms with E-state index in [0.29, 0.717) is 44.9 Å². The molecule has 12 nitrogen and oxygen atoms in total. The molecule has 320 valence electrons. The molecular formula is C44H69IN4O8. The lowest BCUT2D eigenvalue weighted by atomic mass is 10.0. The Morgan fingerprint density at radius 3 is 1.82 bits per heavy atom. The number of ether oxygens (including phenoxy) is 4. The van der Waals surface area contributed by atoms with E-state index in [9.17, 15) is 19.2 Å². The van der Waals surface area contributed by atoms with Gasteiger partial charge in [-0.15, -0.1) is 0 Å². The van der Waals surface area contributed by atoms with E-state index in [-0.39, 0.29) is 55.2 Å². The van der Waals surface area contributed by atoms with Crippen LogP contribution in [-0.2, 0) is 32.1 Å². The van der Waals surface area contributed by atoms with E-state index in [4.69, 9.17) is 18.9 Å². The largest absolute Gasteiger partial charge is 1.00 e. The van der Waals surface area contributed by atoms with Gasteiger partial charge in [-0.1, -0.05) is 115 Å². The fourth-order valence-corrected chi connectivity index (χ4v) is 6.94. The fourth-order valence-electron chi connectivity index (χ4n) is 6.94. The molecule has 1 aromatic heterocycles. The minimum absolute atomic E-state index is 0. The molecule has 2 heterocycles. The smallest absolute Gasteiger partial charge is 0.417 e. The molecule has 3 rings (SSSR count). The Labute approximate surface area is 358 Å². The number of piperazine rings is 1. The Bertz CT molecular complexity index is 1450. The maximum absolute atomic E-state index is 13.7. The van der Waals surface area contributed by atoms with E-state index in [1.165, 1.54) is 97.7 Å². The van der Waals surface area contributed by atoms with E-state index in [0.717, 1.165) is 23.4 Å². The third-order valence-corrected chi connectivity index (χ3v) is 10.5. The molecule has 1 aromatic carbocycles. The summed E-state index contributed by atoms with van der Waals surface area (Å²) < 4.78 is 23.9. The number of aryl methyl sites for hydroxylation is 1. The number of methoxy groups -OCH3 is 2. The van der Waals surface area contributed by atoms with Crippen LogP contribution < -0.4 is 33.3 Å². The summed E-state index contributed by atoms with van der Waals surface area (Å²) in [6.45, 7) is 6.14. The van der Waals surface area contributed by atoms with Crippen molar-refractivity contribution in [2.24, 2.45) is 0 Å². The molecule has 0 spiro atoms. The normalized spacial score (nSPS) is 13.1. The molecule has 0 aliphatic carbocycles. The monoisotopic (exact) mass is 908 g/mol. The number of amides is 4. The Morgan fingerprint density at radius 2 is 1.25 bits per heavy atom. The molecule has 0 N–H and O–H groups in total. The molecule has 0 radical (unpaired) electrons. The second-order valence-corrected chi connectivity index (χ2v) is 14.6. The average Bonchev–Trinajstić information content (AvgIpc) is 3.23. The van der Waals surface area contributed by atoms with Crippen molar-refractivity contribution >= 4 is 24.0 Å². The highest BCUT2D eigenvalue weighted by Crippen LogP contribution is 2.21. The minimum atomic E-state index is -0.870. The summed E-state index contributed by atoms with van der Waals surface area (Å²) in [6.07, 6.45) is 19.6. The Morgan fingerprint density at radius 1 is 0.702 bits per heavy atom. The zero-order valence-corrected chi connectivity index (χ0v) is 37.3. The topological polar surface area (TPSA) is 119 Å². The van der Waals surface area contributed by atoms with Crippen LogP contribution in [0.1, 0.15) is 133 Å². The number of rotatable bonds is 26. The van der Waals surface area contributed by atoms with Crippen LogP contribution in [0.3, 0.4) is 0 Å². The van der Waals surface area contributed by atoms with Crippen molar-refractivity contribution in [1.29, 1.82) is 0 Å². The van der Waals surface area contributed by atoms with Gasteiger partial charge in [-0.25, -0.2) is 19.1 Å². The summed E-state index contributed by atoms with van der Waals surface area (Å²) in [6, 6.07) is 12.2. The molecule has 0 saturated carbocycles. The van der Waals surface area contributed by atoms with Crippen molar-refractivity contribution in [1.82, 2.24) is 14.7 Å². The highest BCUT2D eigenvalue weighted by Gasteiger charge is 2.31. The van der Waals surface area contributed by atoms with Crippen LogP contribution in [-0.4, -0.2) is 98.4 Å². The summed E-state index contributed by atoms with van der Waals surface area (Å²) in [5, 5.41) is 0. The van der Waals surface area contributed by atoms with Crippen LogP contribution in [0.4, 0.5) is 9.59 Å². The van der Waals surface area contributed by atoms with Crippen molar-refractivity contribution < 1.29 is 66.7 Å². The number of carbonyl (C=O) groups excluding carboxylic acids is 4. The fraction of sp³-hybridized carbons (Fsp3) is 0.659. The molecule has 0 bridgehead atoms. The van der Waals surface area contributed by atoms with Gasteiger partial charge in [0.2, 0.25) is 11.6 Å². The van der Waals surface area contributed by atoms with E-state index in [1.807, 2.05) is 40.8 Å². The molecule has 1 aliphatic rings. The number of hydrogen-bond acceptors (Lipinski definition) is 8. The Balaban J connectivity index is 0.0000112. The van der Waals surface area contributed by atoms with Gasteiger partial charge in [-0.05, 0) is 25.5 Å². The van der Waals surface area contributed by atoms with Crippen molar-refractivity contribution in [3.8, 4) is 5.75 Å². The number of benzene rings is 1. The van der Waals surface area contributed by atoms with Gasteiger partial charge in [-0.3, -0.25) is 9.59 Å². The van der Waals surface area contributed by atoms with Crippen molar-refractivity contribution in [2.75, 3.05) is 53.6 Å². The zero-order chi connectivity index (χ0) is 40.4. The predicted octanol–water partition coefficient (Wildman–Crippen LogP) is 5.34. The molecule has 1 atom stereocenters. The lowest BCUT2D eigenvalue weighted by Gasteiger charge is -2.34. The zero-order valence-electron chi connectivity index (χ0n) is 35.1. The lowest BCUT2D eigenvalue weighted by molar-refractivity contribution is -0.701. The Kier molecular flexibility index (Phi) is 25.9. The van der Waals surface area contributed by atoms with Gasteiger partial charge in [0.15, 0.2) is 6.20 Å². The molecule has 1 unspecified atom stereocenters. The van der Waals surface area contributed by atoms with E-state index < -0.39 is 24.2 Å². The molecule has 1 saturated heterocycles. The van der Waals surface area contributed by atoms with Crippen molar-refractivity contribution in [3.63, 3.8) is 0 Å². The number of aromatic nitrogens is 1. The molecular weight excluding hydrogens is 839 g/mol. The van der Waals surface area contributed by atoms with Crippen LogP contribution >= 0.6 is 0 Å². The van der Waals surface area contributed by atoms with E-state index in [1.54, 1.807) is 29.2 Å². The van der Waals surface area contributed by atoms with Gasteiger partial charge in [0.25, 0.3) is 5.91 Å². The number of carbonyl (C=O) groups is 4. The number of para-hydroxylation sites is 1. The van der Waals surface area contributed by atoms with Gasteiger partial charge in [0.1, 0.15) is 38.2 Å². The van der Waals surface area contributed by atoms with Crippen LogP contribution in [0, 0.1) is 0 Å². The Hall–Kier alpha value is -3.46. The first-order chi connectivity index (χ1) is 27.3. The quantitative estimate of drug-likeness (QED) is 0.0706. The van der Waals surface area contributed by atoms with Crippen molar-refractivity contribution in [3.05, 3.63) is 59.9 Å². The molecule has 4 amide bonds. The van der Waals surface area contributed by atoms with Gasteiger partial charge in [0.05, 0.1) is 12.7 Å². The van der Waals surface area contributed by atoms with Gasteiger partial charge in [-0.2, -0.15) is 0 Å². The maximum atomic E-state index is 13.7. The maximum Gasteiger partial charge on any atom is 0.417 e. The number of pyridine rings is 1. The average molecular weight is 909 g/mol. The van der Waals surface area contributed by atoms with Gasteiger partial charge < -0.3 is 52.7 Å². The highest BCUT2D eigenvalue weighted by atomic mass is 127. The second-order valence-electron chi connectivity index (χ2n) is 14.6. The summed E-state index contributed by atoms with van der Waals surface area (Å²) in [5.74, 6) is -0.102. The summed E-state index contributed by atoms with van der Waals surface area (Å²) >= 11 is 0. The number of hydrogen-bond donors (Lipinski definition) is 0. The number of nitrogens with zero attached hydrogens (tertiary/aromatic N) is 4. The van der Waals surface area contributed by atoms with Gasteiger partial charge >= 0.3 is 12.2 Å². The van der Waals surface area contributed by atoms with E-state index >= 15 is 0 Å². The third kappa shape index (κ3) is 18.3. The molecule has 2 aromatic rings. The SMILES string of the molecule is CCCCCCCCCCCCCCCCCC(=O)N1CCN(C(=O)OCC(COC(=O)N(Cc2cccc[n+]2CC)C(=O)c2ccccc2OC)OC)CC1.[I-].